The van der Waals surface area contributed by atoms with E-state index in [2.05, 4.69) is 11.5 Å². The molecule has 0 aliphatic heterocycles. The van der Waals surface area contributed by atoms with Crippen LogP contribution in [0.4, 0.5) is 0 Å². The van der Waals surface area contributed by atoms with Crippen LogP contribution in [0.2, 0.25) is 0 Å². The Bertz CT molecular complexity index is 87.1. The molecule has 0 aliphatic carbocycles. The van der Waals surface area contributed by atoms with Gasteiger partial charge in [0.15, 0.2) is 0 Å². The normalized spacial score (nSPS) is 8.14. The molecule has 0 radical (unpaired) electrons. The van der Waals surface area contributed by atoms with E-state index in [-0.39, 0.29) is 6.42 Å². The fourth-order valence-electron chi connectivity index (χ4n) is 0.194. The molecule has 4 heteroatoms. The van der Waals surface area contributed by atoms with Crippen molar-refractivity contribution in [1.29, 1.82) is 0 Å². The Balaban J connectivity index is 3.32. The largest absolute Gasteiger partial charge is 0.369 e. The minimum atomic E-state index is -0.625. The molecule has 0 bridgehead atoms. The minimum Gasteiger partial charge on any atom is -0.369 e. The van der Waals surface area contributed by atoms with E-state index in [1.807, 2.05) is 0 Å². The van der Waals surface area contributed by atoms with Crippen molar-refractivity contribution in [2.75, 3.05) is 0 Å². The van der Waals surface area contributed by atoms with Crippen molar-refractivity contribution in [2.45, 2.75) is 6.42 Å². The highest BCUT2D eigenvalue weighted by molar-refractivity contribution is 5.91. The SMILES string of the molecule is NC(=O)CC([NH3+])=O. The number of primary amides is 1. The molecule has 0 fully saturated rings. The van der Waals surface area contributed by atoms with Gasteiger partial charge in [0.25, 0.3) is 0 Å². The summed E-state index contributed by atoms with van der Waals surface area (Å²) >= 11 is 0. The highest BCUT2D eigenvalue weighted by Gasteiger charge is 2.00. The van der Waals surface area contributed by atoms with Gasteiger partial charge >= 0.3 is 5.91 Å². The molecule has 0 aromatic rings. The summed E-state index contributed by atoms with van der Waals surface area (Å²) in [4.78, 5) is 19.6. The van der Waals surface area contributed by atoms with Crippen molar-refractivity contribution in [3.8, 4) is 0 Å². The second-order valence-corrected chi connectivity index (χ2v) is 1.18. The molecule has 0 aromatic carbocycles. The molecule has 2 amide bonds. The molecule has 0 unspecified atom stereocenters. The zero-order valence-electron chi connectivity index (χ0n) is 3.81. The summed E-state index contributed by atoms with van der Waals surface area (Å²) in [7, 11) is 0. The fourth-order valence-corrected chi connectivity index (χ4v) is 0.194. The van der Waals surface area contributed by atoms with Gasteiger partial charge in [-0.15, -0.1) is 0 Å². The molecule has 0 saturated heterocycles. The van der Waals surface area contributed by atoms with Gasteiger partial charge in [-0.25, -0.2) is 4.79 Å². The lowest BCUT2D eigenvalue weighted by Crippen LogP contribution is -2.57. The monoisotopic (exact) mass is 103 g/mol. The third-order valence-corrected chi connectivity index (χ3v) is 0.371. The van der Waals surface area contributed by atoms with Gasteiger partial charge in [0.1, 0.15) is 6.42 Å². The number of rotatable bonds is 2. The average molecular weight is 103 g/mol. The molecule has 7 heavy (non-hydrogen) atoms. The molecular weight excluding hydrogens is 96.0 g/mol. The van der Waals surface area contributed by atoms with Gasteiger partial charge in [0.05, 0.1) is 0 Å². The van der Waals surface area contributed by atoms with Crippen molar-refractivity contribution in [1.82, 2.24) is 0 Å². The van der Waals surface area contributed by atoms with Crippen LogP contribution in [0.25, 0.3) is 0 Å². The second kappa shape index (κ2) is 2.30. The van der Waals surface area contributed by atoms with Crippen LogP contribution in [0.1, 0.15) is 6.42 Å². The first kappa shape index (κ1) is 6.10. The molecule has 5 N–H and O–H groups in total. The zero-order chi connectivity index (χ0) is 5.86. The molecule has 0 rings (SSSR count). The highest BCUT2D eigenvalue weighted by Crippen LogP contribution is 1.65. The second-order valence-electron chi connectivity index (χ2n) is 1.18. The van der Waals surface area contributed by atoms with E-state index < -0.39 is 11.8 Å². The first-order valence-corrected chi connectivity index (χ1v) is 1.76. The molecule has 0 spiro atoms. The Morgan fingerprint density at radius 2 is 2.00 bits per heavy atom. The Morgan fingerprint density at radius 3 is 2.00 bits per heavy atom. The summed E-state index contributed by atoms with van der Waals surface area (Å²) in [6.07, 6.45) is -0.250. The van der Waals surface area contributed by atoms with Crippen LogP contribution in [-0.4, -0.2) is 11.8 Å². The summed E-state index contributed by atoms with van der Waals surface area (Å²) in [6, 6.07) is 0. The summed E-state index contributed by atoms with van der Waals surface area (Å²) in [5.41, 5.74) is 7.53. The molecule has 0 aromatic heterocycles. The van der Waals surface area contributed by atoms with Crippen LogP contribution in [0.5, 0.6) is 0 Å². The fraction of sp³-hybridized carbons (Fsp3) is 0.333. The lowest BCUT2D eigenvalue weighted by atomic mass is 10.4. The van der Waals surface area contributed by atoms with Crippen LogP contribution in [0.3, 0.4) is 0 Å². The van der Waals surface area contributed by atoms with Gasteiger partial charge < -0.3 is 5.73 Å². The third kappa shape index (κ3) is 5.10. The lowest BCUT2D eigenvalue weighted by Gasteiger charge is -1.78. The van der Waals surface area contributed by atoms with Crippen LogP contribution in [-0.2, 0) is 9.59 Å². The first-order valence-electron chi connectivity index (χ1n) is 1.76. The summed E-state index contributed by atoms with van der Waals surface area (Å²) in [6.45, 7) is 0. The molecule has 0 aliphatic rings. The van der Waals surface area contributed by atoms with Crippen molar-refractivity contribution < 1.29 is 15.3 Å². The molecular formula is C3H7N2O2+. The average Bonchev–Trinajstić information content (AvgIpc) is 1.27. The molecule has 40 valence electrons. The molecule has 4 nitrogen and oxygen atoms in total. The lowest BCUT2D eigenvalue weighted by molar-refractivity contribution is -0.304. The van der Waals surface area contributed by atoms with Crippen LogP contribution in [0, 0.1) is 0 Å². The Kier molecular flexibility index (Phi) is 2.01. The van der Waals surface area contributed by atoms with Crippen molar-refractivity contribution in [3.05, 3.63) is 0 Å². The van der Waals surface area contributed by atoms with Crippen molar-refractivity contribution >= 4 is 11.8 Å². The summed E-state index contributed by atoms with van der Waals surface area (Å²) < 4.78 is 0. The number of amides is 2. The summed E-state index contributed by atoms with van der Waals surface area (Å²) in [5, 5.41) is 0. The minimum absolute atomic E-state index is 0.250. The smallest absolute Gasteiger partial charge is 0.318 e. The molecule has 0 heterocycles. The number of nitrogens with two attached hydrogens (primary N) is 1. The maximum atomic E-state index is 9.84. The predicted octanol–water partition coefficient (Wildman–Crippen LogP) is -2.37. The van der Waals surface area contributed by atoms with Crippen LogP contribution < -0.4 is 11.5 Å². The van der Waals surface area contributed by atoms with Gasteiger partial charge in [-0.1, -0.05) is 0 Å². The number of hydrogen-bond donors (Lipinski definition) is 2. The topological polar surface area (TPSA) is 87.8 Å². The van der Waals surface area contributed by atoms with E-state index in [0.29, 0.717) is 0 Å². The van der Waals surface area contributed by atoms with E-state index >= 15 is 0 Å². The number of quaternary nitrogens is 1. The van der Waals surface area contributed by atoms with E-state index in [4.69, 9.17) is 0 Å². The number of hydrogen-bond acceptors (Lipinski definition) is 2. The van der Waals surface area contributed by atoms with Gasteiger partial charge in [-0.3, -0.25) is 10.5 Å². The quantitative estimate of drug-likeness (QED) is 0.382. The van der Waals surface area contributed by atoms with Crippen LogP contribution >= 0.6 is 0 Å². The number of carbonyl (C=O) groups excluding carboxylic acids is 2. The van der Waals surface area contributed by atoms with E-state index in [1.165, 1.54) is 0 Å². The zero-order valence-corrected chi connectivity index (χ0v) is 3.81. The predicted molar refractivity (Wildman–Crippen MR) is 21.7 cm³/mol. The Labute approximate surface area is 40.5 Å². The maximum absolute atomic E-state index is 9.84. The Hall–Kier alpha value is -0.900. The van der Waals surface area contributed by atoms with Gasteiger partial charge in [-0.2, -0.15) is 0 Å². The van der Waals surface area contributed by atoms with Gasteiger partial charge in [0, 0.05) is 0 Å². The van der Waals surface area contributed by atoms with Crippen LogP contribution in [0.15, 0.2) is 0 Å². The van der Waals surface area contributed by atoms with E-state index in [9.17, 15) is 9.59 Å². The van der Waals surface area contributed by atoms with E-state index in [0.717, 1.165) is 0 Å². The first-order chi connectivity index (χ1) is 3.13. The number of carbonyl (C=O) groups is 2. The standard InChI is InChI=1S/C3H6N2O2/c4-2(6)1-3(5)7/h1H2,(H2,4,6)(H2,5,7)/p+1. The highest BCUT2D eigenvalue weighted by atomic mass is 16.2. The molecule has 0 atom stereocenters. The van der Waals surface area contributed by atoms with Gasteiger partial charge in [-0.05, 0) is 0 Å². The Morgan fingerprint density at radius 1 is 1.57 bits per heavy atom. The molecule has 0 saturated carbocycles. The van der Waals surface area contributed by atoms with E-state index in [1.54, 1.807) is 0 Å². The van der Waals surface area contributed by atoms with Gasteiger partial charge in [0.2, 0.25) is 5.91 Å². The van der Waals surface area contributed by atoms with Crippen molar-refractivity contribution in [2.24, 2.45) is 5.73 Å². The van der Waals surface area contributed by atoms with Crippen molar-refractivity contribution in [3.63, 3.8) is 0 Å². The summed E-state index contributed by atoms with van der Waals surface area (Å²) in [5.74, 6) is -1.06. The maximum Gasteiger partial charge on any atom is 0.318 e. The third-order valence-electron chi connectivity index (χ3n) is 0.371.